The van der Waals surface area contributed by atoms with E-state index < -0.39 is 5.60 Å². The molecule has 1 amide bonds. The molecule has 0 spiro atoms. The summed E-state index contributed by atoms with van der Waals surface area (Å²) in [4.78, 5) is 14.6. The van der Waals surface area contributed by atoms with Gasteiger partial charge in [-0.25, -0.2) is 0 Å². The topological polar surface area (TPSA) is 29.5 Å². The molecule has 1 rings (SSSR count). The Kier molecular flexibility index (Phi) is 10.1. The monoisotopic (exact) mass is 355 g/mol. The van der Waals surface area contributed by atoms with Crippen molar-refractivity contribution in [1.29, 1.82) is 0 Å². The Morgan fingerprint density at radius 1 is 1.17 bits per heavy atom. The van der Waals surface area contributed by atoms with Crippen LogP contribution < -0.4 is 4.74 Å². The molecule has 24 heavy (non-hydrogen) atoms. The molecule has 0 heterocycles. The van der Waals surface area contributed by atoms with Crippen LogP contribution in [0.2, 0.25) is 5.02 Å². The first-order chi connectivity index (χ1) is 11.2. The van der Waals surface area contributed by atoms with Crippen LogP contribution in [0.1, 0.15) is 54.9 Å². The normalized spacial score (nSPS) is 13.1. The summed E-state index contributed by atoms with van der Waals surface area (Å²) < 4.78 is 6.06. The van der Waals surface area contributed by atoms with Crippen molar-refractivity contribution >= 4 is 17.5 Å². The fourth-order valence-electron chi connectivity index (χ4n) is 2.09. The van der Waals surface area contributed by atoms with Crippen molar-refractivity contribution in [3.05, 3.63) is 29.3 Å². The number of rotatable bonds is 7. The molecule has 0 aliphatic heterocycles. The molecule has 0 radical (unpaired) electrons. The molecule has 0 aromatic heterocycles. The lowest BCUT2D eigenvalue weighted by molar-refractivity contribution is -0.149. The Morgan fingerprint density at radius 2 is 1.67 bits per heavy atom. The average molecular weight is 356 g/mol. The van der Waals surface area contributed by atoms with E-state index >= 15 is 0 Å². The minimum absolute atomic E-state index is 0.0121. The first-order valence-corrected chi connectivity index (χ1v) is 9.24. The quantitative estimate of drug-likeness (QED) is 0.631. The number of hydrogen-bond acceptors (Lipinski definition) is 2. The largest absolute Gasteiger partial charge is 0.477 e. The van der Waals surface area contributed by atoms with E-state index in [2.05, 4.69) is 13.8 Å². The molecule has 1 aromatic rings. The van der Waals surface area contributed by atoms with Gasteiger partial charge in [-0.05, 0) is 43.5 Å². The number of nitrogens with zero attached hydrogens (tertiary/aromatic N) is 1. The van der Waals surface area contributed by atoms with Crippen LogP contribution >= 0.6 is 11.6 Å². The summed E-state index contributed by atoms with van der Waals surface area (Å²) >= 11 is 5.90. The van der Waals surface area contributed by atoms with Gasteiger partial charge in [0, 0.05) is 24.5 Å². The molecule has 1 aromatic carbocycles. The van der Waals surface area contributed by atoms with Gasteiger partial charge >= 0.3 is 0 Å². The van der Waals surface area contributed by atoms with Crippen molar-refractivity contribution < 1.29 is 9.53 Å². The molecule has 4 heteroatoms. The Bertz CT molecular complexity index is 485. The molecule has 3 nitrogen and oxygen atoms in total. The van der Waals surface area contributed by atoms with Gasteiger partial charge in [0.05, 0.1) is 0 Å². The van der Waals surface area contributed by atoms with Crippen LogP contribution in [0.5, 0.6) is 5.75 Å². The number of likely N-dealkylation sites (N-methyl/N-ethyl adjacent to an activating group) is 1. The molecule has 0 N–H and O–H groups in total. The number of benzene rings is 1. The highest BCUT2D eigenvalue weighted by atomic mass is 35.5. The Morgan fingerprint density at radius 3 is 2.08 bits per heavy atom. The number of amides is 1. The summed E-state index contributed by atoms with van der Waals surface area (Å²) in [6.07, 6.45) is 0.983. The Labute approximate surface area is 153 Å². The zero-order valence-electron chi connectivity index (χ0n) is 16.5. The predicted octanol–water partition coefficient (Wildman–Crippen LogP) is 5.66. The third-order valence-electron chi connectivity index (χ3n) is 4.06. The third-order valence-corrected chi connectivity index (χ3v) is 4.31. The predicted molar refractivity (Wildman–Crippen MR) is 104 cm³/mol. The van der Waals surface area contributed by atoms with Crippen molar-refractivity contribution in [2.45, 2.75) is 60.5 Å². The summed E-state index contributed by atoms with van der Waals surface area (Å²) in [7, 11) is 1.84. The second-order valence-electron chi connectivity index (χ2n) is 6.73. The average Bonchev–Trinajstić information content (AvgIpc) is 2.55. The molecule has 0 saturated carbocycles. The molecule has 0 aliphatic carbocycles. The zero-order chi connectivity index (χ0) is 18.9. The standard InChI is InChI=1S/C18H28ClNO2.C2H6/c1-13(2)11-12-20(6)17(21)18(5,14(3)4)22-16-9-7-15(19)8-10-16;1-2/h7-10,13-14H,11-12H2,1-6H3;1-2H3. The van der Waals surface area contributed by atoms with Gasteiger partial charge in [0.2, 0.25) is 0 Å². The maximum absolute atomic E-state index is 12.9. The first kappa shape index (κ1) is 22.8. The zero-order valence-corrected chi connectivity index (χ0v) is 17.3. The van der Waals surface area contributed by atoms with Crippen LogP contribution in [0.3, 0.4) is 0 Å². The molecule has 1 unspecified atom stereocenters. The van der Waals surface area contributed by atoms with E-state index in [1.54, 1.807) is 29.2 Å². The van der Waals surface area contributed by atoms with Gasteiger partial charge in [0.15, 0.2) is 5.60 Å². The Balaban J connectivity index is 0.00000254. The minimum Gasteiger partial charge on any atom is -0.477 e. The van der Waals surface area contributed by atoms with Crippen molar-refractivity contribution in [3.63, 3.8) is 0 Å². The fourth-order valence-corrected chi connectivity index (χ4v) is 2.21. The van der Waals surface area contributed by atoms with Crippen LogP contribution in [0, 0.1) is 11.8 Å². The van der Waals surface area contributed by atoms with Crippen LogP contribution in [0.4, 0.5) is 0 Å². The summed E-state index contributed by atoms with van der Waals surface area (Å²) in [6.45, 7) is 14.9. The second kappa shape index (κ2) is 10.6. The van der Waals surface area contributed by atoms with Gasteiger partial charge < -0.3 is 9.64 Å². The molecule has 0 aliphatic rings. The van der Waals surface area contributed by atoms with Crippen LogP contribution in [0.15, 0.2) is 24.3 Å². The van der Waals surface area contributed by atoms with Crippen LogP contribution in [0.25, 0.3) is 0 Å². The summed E-state index contributed by atoms with van der Waals surface area (Å²) in [5.41, 5.74) is -0.889. The number of carbonyl (C=O) groups is 1. The van der Waals surface area contributed by atoms with Gasteiger partial charge in [-0.2, -0.15) is 0 Å². The van der Waals surface area contributed by atoms with Crippen molar-refractivity contribution in [2.24, 2.45) is 11.8 Å². The molecule has 0 fully saturated rings. The summed E-state index contributed by atoms with van der Waals surface area (Å²) in [5.74, 6) is 1.29. The molecule has 138 valence electrons. The van der Waals surface area contributed by atoms with Crippen LogP contribution in [-0.4, -0.2) is 30.0 Å². The highest BCUT2D eigenvalue weighted by Gasteiger charge is 2.41. The van der Waals surface area contributed by atoms with Gasteiger partial charge in [0.1, 0.15) is 5.75 Å². The van der Waals surface area contributed by atoms with E-state index in [9.17, 15) is 4.79 Å². The lowest BCUT2D eigenvalue weighted by atomic mass is 9.90. The van der Waals surface area contributed by atoms with E-state index in [-0.39, 0.29) is 11.8 Å². The maximum atomic E-state index is 12.9. The van der Waals surface area contributed by atoms with Gasteiger partial charge in [0.25, 0.3) is 5.91 Å². The molecular formula is C20H34ClNO2. The number of halogens is 1. The van der Waals surface area contributed by atoms with Gasteiger partial charge in [-0.15, -0.1) is 0 Å². The second-order valence-corrected chi connectivity index (χ2v) is 7.16. The van der Waals surface area contributed by atoms with Crippen molar-refractivity contribution in [3.8, 4) is 5.75 Å². The third kappa shape index (κ3) is 6.72. The van der Waals surface area contributed by atoms with E-state index in [1.807, 2.05) is 41.7 Å². The minimum atomic E-state index is -0.889. The maximum Gasteiger partial charge on any atom is 0.266 e. The lowest BCUT2D eigenvalue weighted by Crippen LogP contribution is -2.53. The smallest absolute Gasteiger partial charge is 0.266 e. The number of hydrogen-bond donors (Lipinski definition) is 0. The highest BCUT2D eigenvalue weighted by Crippen LogP contribution is 2.28. The van der Waals surface area contributed by atoms with E-state index in [0.29, 0.717) is 16.7 Å². The molecule has 0 saturated heterocycles. The molecular weight excluding hydrogens is 322 g/mol. The fraction of sp³-hybridized carbons (Fsp3) is 0.650. The van der Waals surface area contributed by atoms with Gasteiger partial charge in [-0.1, -0.05) is 53.1 Å². The van der Waals surface area contributed by atoms with E-state index in [4.69, 9.17) is 16.3 Å². The SMILES string of the molecule is CC.CC(C)CCN(C)C(=O)C(C)(Oc1ccc(Cl)cc1)C(C)C. The van der Waals surface area contributed by atoms with Gasteiger partial charge in [-0.3, -0.25) is 4.79 Å². The van der Waals surface area contributed by atoms with E-state index in [0.717, 1.165) is 13.0 Å². The Hall–Kier alpha value is -1.22. The number of carbonyl (C=O) groups excluding carboxylic acids is 1. The van der Waals surface area contributed by atoms with E-state index in [1.165, 1.54) is 0 Å². The number of ether oxygens (including phenoxy) is 1. The highest BCUT2D eigenvalue weighted by molar-refractivity contribution is 6.30. The first-order valence-electron chi connectivity index (χ1n) is 8.87. The lowest BCUT2D eigenvalue weighted by Gasteiger charge is -2.36. The molecule has 1 atom stereocenters. The molecule has 0 bridgehead atoms. The van der Waals surface area contributed by atoms with Crippen molar-refractivity contribution in [2.75, 3.05) is 13.6 Å². The van der Waals surface area contributed by atoms with Crippen LogP contribution in [-0.2, 0) is 4.79 Å². The summed E-state index contributed by atoms with van der Waals surface area (Å²) in [6, 6.07) is 7.13. The van der Waals surface area contributed by atoms with Crippen molar-refractivity contribution in [1.82, 2.24) is 4.90 Å². The summed E-state index contributed by atoms with van der Waals surface area (Å²) in [5, 5.41) is 0.652.